The van der Waals surface area contributed by atoms with Gasteiger partial charge in [-0.15, -0.1) is 0 Å². The standard InChI is InChI=1S/C17H25N5O3/c1-18-17(23)14-8-7-12(21(14)2)13-6-4-5-9-22(13)10-15-19-16(11-24-3)25-20-15/h7-8,13H,4-6,9-11H2,1-3H3,(H,18,23)/t13-/m1/s1. The summed E-state index contributed by atoms with van der Waals surface area (Å²) in [6, 6.07) is 4.16. The maximum absolute atomic E-state index is 12.0. The molecule has 1 aliphatic heterocycles. The number of carbonyl (C=O) groups excluding carboxylic acids is 1. The second-order valence-corrected chi connectivity index (χ2v) is 6.30. The minimum atomic E-state index is -0.0708. The Labute approximate surface area is 147 Å². The van der Waals surface area contributed by atoms with Crippen molar-refractivity contribution in [1.82, 2.24) is 24.9 Å². The molecule has 2 aromatic heterocycles. The highest BCUT2D eigenvalue weighted by atomic mass is 16.5. The van der Waals surface area contributed by atoms with E-state index in [0.29, 0.717) is 30.6 Å². The zero-order chi connectivity index (χ0) is 17.8. The molecule has 25 heavy (non-hydrogen) atoms. The quantitative estimate of drug-likeness (QED) is 0.855. The molecule has 0 aromatic carbocycles. The van der Waals surface area contributed by atoms with Crippen LogP contribution in [0.15, 0.2) is 16.7 Å². The summed E-state index contributed by atoms with van der Waals surface area (Å²) in [5, 5.41) is 6.73. The van der Waals surface area contributed by atoms with Crippen molar-refractivity contribution < 1.29 is 14.1 Å². The Balaban J connectivity index is 1.79. The lowest BCUT2D eigenvalue weighted by Gasteiger charge is -2.35. The van der Waals surface area contributed by atoms with Crippen LogP contribution in [0.4, 0.5) is 0 Å². The number of nitrogens with one attached hydrogen (secondary N) is 1. The van der Waals surface area contributed by atoms with Crippen LogP contribution in [0.3, 0.4) is 0 Å². The van der Waals surface area contributed by atoms with Crippen LogP contribution < -0.4 is 5.32 Å². The van der Waals surface area contributed by atoms with Crippen LogP contribution in [0.5, 0.6) is 0 Å². The Morgan fingerprint density at radius 2 is 2.28 bits per heavy atom. The van der Waals surface area contributed by atoms with Gasteiger partial charge in [0.15, 0.2) is 5.82 Å². The van der Waals surface area contributed by atoms with Crippen LogP contribution >= 0.6 is 0 Å². The Hall–Kier alpha value is -2.19. The summed E-state index contributed by atoms with van der Waals surface area (Å²) in [7, 11) is 5.19. The molecule has 8 heteroatoms. The molecule has 1 amide bonds. The third-order valence-electron chi connectivity index (χ3n) is 4.70. The van der Waals surface area contributed by atoms with Gasteiger partial charge in [0.2, 0.25) is 0 Å². The van der Waals surface area contributed by atoms with Crippen molar-refractivity contribution in [2.75, 3.05) is 20.7 Å². The van der Waals surface area contributed by atoms with Crippen molar-refractivity contribution in [3.8, 4) is 0 Å². The Bertz CT molecular complexity index is 724. The van der Waals surface area contributed by atoms with E-state index in [1.807, 2.05) is 23.7 Å². The van der Waals surface area contributed by atoms with Gasteiger partial charge in [-0.05, 0) is 31.5 Å². The largest absolute Gasteiger partial charge is 0.375 e. The molecule has 136 valence electrons. The topological polar surface area (TPSA) is 85.4 Å². The monoisotopic (exact) mass is 347 g/mol. The van der Waals surface area contributed by atoms with Crippen LogP contribution in [0.2, 0.25) is 0 Å². The molecule has 2 aromatic rings. The number of rotatable bonds is 6. The van der Waals surface area contributed by atoms with E-state index in [9.17, 15) is 4.79 Å². The summed E-state index contributed by atoms with van der Waals surface area (Å²) in [6.07, 6.45) is 3.36. The molecule has 1 atom stereocenters. The highest BCUT2D eigenvalue weighted by Gasteiger charge is 2.28. The average Bonchev–Trinajstić information content (AvgIpc) is 3.22. The first-order chi connectivity index (χ1) is 12.1. The molecule has 0 radical (unpaired) electrons. The molecule has 0 bridgehead atoms. The number of nitrogens with zero attached hydrogens (tertiary/aromatic N) is 4. The highest BCUT2D eigenvalue weighted by Crippen LogP contribution is 2.32. The minimum Gasteiger partial charge on any atom is -0.375 e. The molecule has 3 rings (SSSR count). The number of piperidine rings is 1. The second-order valence-electron chi connectivity index (χ2n) is 6.30. The van der Waals surface area contributed by atoms with E-state index in [1.165, 1.54) is 6.42 Å². The molecular weight excluding hydrogens is 322 g/mol. The van der Waals surface area contributed by atoms with Crippen molar-refractivity contribution in [3.63, 3.8) is 0 Å². The third-order valence-corrected chi connectivity index (χ3v) is 4.70. The van der Waals surface area contributed by atoms with Gasteiger partial charge in [-0.3, -0.25) is 9.69 Å². The van der Waals surface area contributed by atoms with Crippen molar-refractivity contribution in [2.24, 2.45) is 7.05 Å². The molecule has 1 saturated heterocycles. The number of carbonyl (C=O) groups is 1. The van der Waals surface area contributed by atoms with E-state index in [4.69, 9.17) is 9.26 Å². The summed E-state index contributed by atoms with van der Waals surface area (Å²) >= 11 is 0. The van der Waals surface area contributed by atoms with Gasteiger partial charge in [-0.1, -0.05) is 11.6 Å². The summed E-state index contributed by atoms with van der Waals surface area (Å²) < 4.78 is 12.2. The fourth-order valence-electron chi connectivity index (χ4n) is 3.45. The van der Waals surface area contributed by atoms with E-state index in [-0.39, 0.29) is 11.9 Å². The van der Waals surface area contributed by atoms with Gasteiger partial charge in [0, 0.05) is 26.9 Å². The van der Waals surface area contributed by atoms with E-state index < -0.39 is 0 Å². The van der Waals surface area contributed by atoms with Gasteiger partial charge < -0.3 is 19.1 Å². The Kier molecular flexibility index (Phi) is 5.50. The zero-order valence-electron chi connectivity index (χ0n) is 15.0. The van der Waals surface area contributed by atoms with Gasteiger partial charge in [0.05, 0.1) is 12.6 Å². The van der Waals surface area contributed by atoms with Gasteiger partial charge >= 0.3 is 0 Å². The molecule has 0 spiro atoms. The molecule has 1 fully saturated rings. The first-order valence-electron chi connectivity index (χ1n) is 8.56. The predicted octanol–water partition coefficient (Wildman–Crippen LogP) is 1.64. The molecule has 3 heterocycles. The Morgan fingerprint density at radius 1 is 1.44 bits per heavy atom. The van der Waals surface area contributed by atoms with Crippen LogP contribution in [0.25, 0.3) is 0 Å². The van der Waals surface area contributed by atoms with Crippen LogP contribution in [0, 0.1) is 0 Å². The molecule has 1 aliphatic rings. The number of aromatic nitrogens is 3. The van der Waals surface area contributed by atoms with E-state index in [1.54, 1.807) is 14.2 Å². The normalized spacial score (nSPS) is 18.4. The maximum atomic E-state index is 12.0. The first-order valence-corrected chi connectivity index (χ1v) is 8.56. The van der Waals surface area contributed by atoms with Crippen LogP contribution in [0.1, 0.15) is 53.2 Å². The summed E-state index contributed by atoms with van der Waals surface area (Å²) in [4.78, 5) is 18.7. The number of methoxy groups -OCH3 is 1. The van der Waals surface area contributed by atoms with E-state index >= 15 is 0 Å². The van der Waals surface area contributed by atoms with Gasteiger partial charge in [0.25, 0.3) is 11.8 Å². The number of likely N-dealkylation sites (tertiary alicyclic amines) is 1. The van der Waals surface area contributed by atoms with Crippen molar-refractivity contribution in [2.45, 2.75) is 38.5 Å². The van der Waals surface area contributed by atoms with Crippen molar-refractivity contribution >= 4 is 5.91 Å². The lowest BCUT2D eigenvalue weighted by Crippen LogP contribution is -2.34. The van der Waals surface area contributed by atoms with Gasteiger partial charge in [-0.2, -0.15) is 4.98 Å². The van der Waals surface area contributed by atoms with Gasteiger partial charge in [-0.25, -0.2) is 0 Å². The van der Waals surface area contributed by atoms with E-state index in [0.717, 1.165) is 25.1 Å². The molecule has 0 saturated carbocycles. The lowest BCUT2D eigenvalue weighted by molar-refractivity contribution is 0.0952. The minimum absolute atomic E-state index is 0.0708. The Morgan fingerprint density at radius 3 is 3.04 bits per heavy atom. The molecule has 0 aliphatic carbocycles. The number of hydrogen-bond donors (Lipinski definition) is 1. The second kappa shape index (κ2) is 7.79. The predicted molar refractivity (Wildman–Crippen MR) is 90.8 cm³/mol. The highest BCUT2D eigenvalue weighted by molar-refractivity contribution is 5.92. The smallest absolute Gasteiger partial charge is 0.267 e. The fourth-order valence-corrected chi connectivity index (χ4v) is 3.45. The SMILES string of the molecule is CNC(=O)c1ccc([C@H]2CCCCN2Cc2noc(COC)n2)n1C. The molecule has 0 unspecified atom stereocenters. The number of amides is 1. The molecular formula is C17H25N5O3. The van der Waals surface area contributed by atoms with Crippen LogP contribution in [-0.4, -0.2) is 46.2 Å². The van der Waals surface area contributed by atoms with E-state index in [2.05, 4.69) is 20.4 Å². The third kappa shape index (κ3) is 3.74. The zero-order valence-corrected chi connectivity index (χ0v) is 15.0. The average molecular weight is 347 g/mol. The summed E-state index contributed by atoms with van der Waals surface area (Å²) in [5.74, 6) is 1.09. The lowest BCUT2D eigenvalue weighted by atomic mass is 9.99. The molecule has 8 nitrogen and oxygen atoms in total. The molecule has 1 N–H and O–H groups in total. The van der Waals surface area contributed by atoms with Crippen molar-refractivity contribution in [3.05, 3.63) is 35.2 Å². The van der Waals surface area contributed by atoms with Crippen LogP contribution in [-0.2, 0) is 24.9 Å². The first kappa shape index (κ1) is 17.6. The van der Waals surface area contributed by atoms with Gasteiger partial charge in [0.1, 0.15) is 12.3 Å². The van der Waals surface area contributed by atoms with Crippen molar-refractivity contribution in [1.29, 1.82) is 0 Å². The number of ether oxygens (including phenoxy) is 1. The summed E-state index contributed by atoms with van der Waals surface area (Å²) in [5.41, 5.74) is 1.81. The fraction of sp³-hybridized carbons (Fsp3) is 0.588. The maximum Gasteiger partial charge on any atom is 0.267 e. The summed E-state index contributed by atoms with van der Waals surface area (Å²) in [6.45, 7) is 1.92. The number of hydrogen-bond acceptors (Lipinski definition) is 6.